The third-order valence-electron chi connectivity index (χ3n) is 17.5. The number of nitrogens with zero attached hydrogens (tertiary/aromatic N) is 5. The van der Waals surface area contributed by atoms with Gasteiger partial charge >= 0.3 is 0 Å². The van der Waals surface area contributed by atoms with Crippen LogP contribution in [0.4, 0.5) is 34.1 Å². The number of nitrogens with two attached hydrogens (primary N) is 1. The third-order valence-corrected chi connectivity index (χ3v) is 18.0. The lowest BCUT2D eigenvalue weighted by Crippen LogP contribution is -2.05. The molecule has 0 unspecified atom stereocenters. The number of nitrogen functional groups attached to an aromatic ring is 1. The van der Waals surface area contributed by atoms with Gasteiger partial charge in [0.25, 0.3) is 5.69 Å². The number of benzene rings is 14. The molecule has 14 aromatic carbocycles. The minimum atomic E-state index is -0.427. The molecular formula is C82H53BrN8O6. The number of nitro groups is 1. The van der Waals surface area contributed by atoms with Crippen LogP contribution < -0.4 is 35.3 Å². The summed E-state index contributed by atoms with van der Waals surface area (Å²) in [6, 6.07) is 99.2. The zero-order chi connectivity index (χ0) is 65.1. The van der Waals surface area contributed by atoms with Crippen molar-refractivity contribution in [2.75, 3.05) is 16.4 Å². The van der Waals surface area contributed by atoms with Crippen LogP contribution in [-0.2, 0) is 0 Å². The predicted molar refractivity (Wildman–Crippen MR) is 390 cm³/mol. The van der Waals surface area contributed by atoms with Crippen LogP contribution in [0.1, 0.15) is 0 Å². The number of anilines is 5. The summed E-state index contributed by atoms with van der Waals surface area (Å²) < 4.78 is 29.1. The second-order valence-corrected chi connectivity index (χ2v) is 24.2. The van der Waals surface area contributed by atoms with Gasteiger partial charge in [-0.2, -0.15) is 0 Å². The molecule has 16 aromatic rings. The maximum Gasteiger partial charge on any atom is 0.296 e. The van der Waals surface area contributed by atoms with Gasteiger partial charge < -0.3 is 35.3 Å². The highest BCUT2D eigenvalue weighted by Gasteiger charge is 2.28. The van der Waals surface area contributed by atoms with Crippen LogP contribution in [0.25, 0.3) is 100 Å². The first-order chi connectivity index (χ1) is 47.8. The molecule has 15 heteroatoms. The number of nitro benzene ring substituents is 1. The second kappa shape index (κ2) is 24.2. The average molecular weight is 1330 g/mol. The molecule has 0 bridgehead atoms. The van der Waals surface area contributed by atoms with Gasteiger partial charge in [-0.15, -0.1) is 0 Å². The van der Waals surface area contributed by atoms with E-state index in [0.29, 0.717) is 22.9 Å². The molecule has 0 fully saturated rings. The minimum absolute atomic E-state index is 0.0111. The first kappa shape index (κ1) is 57.9. The Labute approximate surface area is 563 Å². The highest BCUT2D eigenvalue weighted by atomic mass is 79.9. The Balaban J connectivity index is 0.000000108. The number of ether oxygens (including phenoxy) is 4. The summed E-state index contributed by atoms with van der Waals surface area (Å²) >= 11 is 3.49. The van der Waals surface area contributed by atoms with E-state index < -0.39 is 4.92 Å². The fourth-order valence-corrected chi connectivity index (χ4v) is 13.4. The fraction of sp³-hybridized carbons (Fsp3) is 0. The van der Waals surface area contributed by atoms with Gasteiger partial charge in [-0.05, 0) is 147 Å². The van der Waals surface area contributed by atoms with E-state index in [2.05, 4.69) is 169 Å². The van der Waals surface area contributed by atoms with E-state index in [0.717, 1.165) is 112 Å². The maximum atomic E-state index is 10.9. The van der Waals surface area contributed by atoms with Crippen LogP contribution in [0.2, 0.25) is 0 Å². The number of fused-ring (bicyclic) bond motifs is 10. The van der Waals surface area contributed by atoms with Crippen molar-refractivity contribution in [2.24, 2.45) is 0 Å². The normalized spacial score (nSPS) is 12.0. The molecule has 0 saturated heterocycles. The Morgan fingerprint density at radius 1 is 0.361 bits per heavy atom. The van der Waals surface area contributed by atoms with Crippen molar-refractivity contribution in [3.05, 3.63) is 312 Å². The molecule has 6 heterocycles. The molecule has 97 heavy (non-hydrogen) atoms. The number of halogens is 1. The average Bonchev–Trinajstić information content (AvgIpc) is 1.70. The van der Waals surface area contributed by atoms with Crippen molar-refractivity contribution in [1.82, 2.24) is 19.1 Å². The molecule has 0 aliphatic carbocycles. The SMILES string of the molecule is Brc1ccc(-c2nc3cccc4c3n2-c2ccccc2O4)cc1.Nc1cccc2c1Nc1ccccc1O2.O=[N+]([O-])c1cccc2c1Nc1ccccc1O2.c1ccc(-c2c3ccccc3c(-c3ccc(-c4nc5cccc6c5n4-c4ccccc4O6)cc3)c3ccccc23)cc1. The molecule has 2 aromatic heterocycles. The van der Waals surface area contributed by atoms with E-state index >= 15 is 0 Å². The van der Waals surface area contributed by atoms with Gasteiger partial charge in [-0.1, -0.05) is 204 Å². The second-order valence-electron chi connectivity index (χ2n) is 23.3. The first-order valence-electron chi connectivity index (χ1n) is 31.4. The molecule has 4 aliphatic heterocycles. The van der Waals surface area contributed by atoms with Gasteiger partial charge in [-0.25, -0.2) is 9.97 Å². The molecule has 0 saturated carbocycles. The number of nitrogens with one attached hydrogen (secondary N) is 2. The number of hydrogen-bond donors (Lipinski definition) is 3. The van der Waals surface area contributed by atoms with Crippen molar-refractivity contribution < 1.29 is 23.9 Å². The van der Waals surface area contributed by atoms with Crippen molar-refractivity contribution in [3.8, 4) is 102 Å². The Kier molecular flexibility index (Phi) is 14.4. The summed E-state index contributed by atoms with van der Waals surface area (Å²) in [5.41, 5.74) is 22.5. The summed E-state index contributed by atoms with van der Waals surface area (Å²) in [7, 11) is 0. The van der Waals surface area contributed by atoms with Crippen LogP contribution in [-0.4, -0.2) is 24.0 Å². The summed E-state index contributed by atoms with van der Waals surface area (Å²) in [5, 5.41) is 22.2. The molecule has 4 aliphatic rings. The monoisotopic (exact) mass is 1320 g/mol. The van der Waals surface area contributed by atoms with E-state index in [-0.39, 0.29) is 5.69 Å². The standard InChI is InChI=1S/C39H24N2O.C19H11BrN2O.C12H8N2O3.C12H10N2O/c1-2-11-25(12-3-1)36-28-13-4-6-15-30(28)37(31-16-7-5-14-29(31)36)26-21-23-27(24-22-26)39-40-32-17-10-20-35-38(32)41(39)33-18-8-9-19-34(33)42-35;20-13-10-8-12(9-11-13)19-21-14-4-3-7-17-18(14)22(19)15-5-1-2-6-16(15)23-17;15-14(16)9-5-3-7-11-12(9)13-8-4-1-2-6-10(8)17-11;13-8-4-3-7-11-12(8)14-9-5-1-2-6-10(9)15-11/h1-24H;1-11H;1-7,13H;1-7,14H,13H2. The largest absolute Gasteiger partial charge is 0.453 e. The molecule has 0 radical (unpaired) electrons. The van der Waals surface area contributed by atoms with Gasteiger partial charge in [0.2, 0.25) is 0 Å². The highest BCUT2D eigenvalue weighted by molar-refractivity contribution is 9.10. The van der Waals surface area contributed by atoms with Crippen molar-refractivity contribution in [2.45, 2.75) is 0 Å². The van der Waals surface area contributed by atoms with Crippen LogP contribution in [0.15, 0.2) is 302 Å². The topological polar surface area (TPSA) is 166 Å². The number of hydrogen-bond acceptors (Lipinski definition) is 11. The highest BCUT2D eigenvalue weighted by Crippen LogP contribution is 2.50. The number of para-hydroxylation sites is 12. The third kappa shape index (κ3) is 10.4. The van der Waals surface area contributed by atoms with Crippen LogP contribution in [0.5, 0.6) is 46.0 Å². The lowest BCUT2D eigenvalue weighted by Gasteiger charge is -2.22. The minimum Gasteiger partial charge on any atom is -0.453 e. The first-order valence-corrected chi connectivity index (χ1v) is 32.2. The molecule has 464 valence electrons. The Morgan fingerprint density at radius 2 is 0.732 bits per heavy atom. The quantitative estimate of drug-likeness (QED) is 0.0650. The molecule has 0 atom stereocenters. The fourth-order valence-electron chi connectivity index (χ4n) is 13.1. The van der Waals surface area contributed by atoms with E-state index in [4.69, 9.17) is 34.6 Å². The Bertz CT molecular complexity index is 5740. The van der Waals surface area contributed by atoms with Gasteiger partial charge in [0, 0.05) is 21.7 Å². The maximum absolute atomic E-state index is 10.9. The van der Waals surface area contributed by atoms with Crippen molar-refractivity contribution in [3.63, 3.8) is 0 Å². The molecule has 0 spiro atoms. The number of aromatic nitrogens is 4. The summed E-state index contributed by atoms with van der Waals surface area (Å²) in [4.78, 5) is 20.4. The summed E-state index contributed by atoms with van der Waals surface area (Å²) in [5.74, 6) is 7.94. The number of imidazole rings is 2. The molecule has 20 rings (SSSR count). The smallest absolute Gasteiger partial charge is 0.296 e. The molecule has 14 nitrogen and oxygen atoms in total. The lowest BCUT2D eigenvalue weighted by molar-refractivity contribution is -0.384. The van der Waals surface area contributed by atoms with Gasteiger partial charge in [0.05, 0.1) is 44.4 Å². The predicted octanol–water partition coefficient (Wildman–Crippen LogP) is 22.6. The summed E-state index contributed by atoms with van der Waals surface area (Å²) in [6.45, 7) is 0. The van der Waals surface area contributed by atoms with Crippen molar-refractivity contribution >= 4 is 93.7 Å². The van der Waals surface area contributed by atoms with Crippen LogP contribution >= 0.6 is 15.9 Å². The van der Waals surface area contributed by atoms with Gasteiger partial charge in [0.15, 0.2) is 51.7 Å². The summed E-state index contributed by atoms with van der Waals surface area (Å²) in [6.07, 6.45) is 0. The van der Waals surface area contributed by atoms with Gasteiger partial charge in [0.1, 0.15) is 28.4 Å². The molecular weight excluding hydrogens is 1270 g/mol. The zero-order valence-corrected chi connectivity index (χ0v) is 53.0. The van der Waals surface area contributed by atoms with Gasteiger partial charge in [-0.3, -0.25) is 19.2 Å². The Morgan fingerprint density at radius 3 is 1.25 bits per heavy atom. The van der Waals surface area contributed by atoms with Crippen LogP contribution in [0, 0.1) is 10.1 Å². The van der Waals surface area contributed by atoms with Crippen LogP contribution in [0.3, 0.4) is 0 Å². The lowest BCUT2D eigenvalue weighted by atomic mass is 9.86. The van der Waals surface area contributed by atoms with Crippen molar-refractivity contribution in [1.29, 1.82) is 0 Å². The van der Waals surface area contributed by atoms with E-state index in [1.807, 2.05) is 146 Å². The molecule has 0 amide bonds. The molecule has 4 N–H and O–H groups in total. The Hall–Kier alpha value is -13.0. The zero-order valence-electron chi connectivity index (χ0n) is 51.4. The van der Waals surface area contributed by atoms with E-state index in [1.54, 1.807) is 12.1 Å². The van der Waals surface area contributed by atoms with E-state index in [1.165, 1.54) is 49.9 Å². The number of rotatable bonds is 5. The van der Waals surface area contributed by atoms with E-state index in [9.17, 15) is 10.1 Å².